The number of nitrogens with zero attached hydrogens (tertiary/aromatic N) is 6. The predicted octanol–water partition coefficient (Wildman–Crippen LogP) is 4.91. The third-order valence-corrected chi connectivity index (χ3v) is 9.15. The van der Waals surface area contributed by atoms with Crippen molar-refractivity contribution in [3.8, 4) is 11.3 Å². The quantitative estimate of drug-likeness (QED) is 0.431. The maximum absolute atomic E-state index is 11.9. The van der Waals surface area contributed by atoms with Crippen molar-refractivity contribution >= 4 is 29.3 Å². The van der Waals surface area contributed by atoms with Gasteiger partial charge in [-0.3, -0.25) is 9.48 Å². The van der Waals surface area contributed by atoms with Gasteiger partial charge in [0.05, 0.1) is 22.0 Å². The van der Waals surface area contributed by atoms with E-state index in [0.29, 0.717) is 23.3 Å². The molecule has 1 atom stereocenters. The van der Waals surface area contributed by atoms with Gasteiger partial charge in [0.1, 0.15) is 12.1 Å². The number of aromatic nitrogens is 4. The van der Waals surface area contributed by atoms with E-state index in [4.69, 9.17) is 10.8 Å². The second-order valence-corrected chi connectivity index (χ2v) is 12.8. The van der Waals surface area contributed by atoms with E-state index in [1.165, 1.54) is 5.56 Å². The Balaban J connectivity index is 1.29. The molecule has 1 unspecified atom stereocenters. The zero-order chi connectivity index (χ0) is 27.7. The number of hydrogen-bond acceptors (Lipinski definition) is 8. The summed E-state index contributed by atoms with van der Waals surface area (Å²) in [6, 6.07) is 10.8. The molecule has 4 heterocycles. The third kappa shape index (κ3) is 6.28. The average molecular weight is 547 g/mol. The van der Waals surface area contributed by atoms with Crippen molar-refractivity contribution in [2.45, 2.75) is 58.5 Å². The molecule has 3 N–H and O–H groups in total. The van der Waals surface area contributed by atoms with E-state index in [2.05, 4.69) is 82.7 Å². The molecular weight excluding hydrogens is 508 g/mol. The highest BCUT2D eigenvalue weighted by atomic mass is 32.2. The van der Waals surface area contributed by atoms with Crippen molar-refractivity contribution in [1.29, 1.82) is 0 Å². The first-order valence-electron chi connectivity index (χ1n) is 13.4. The molecule has 10 heteroatoms. The Morgan fingerprint density at radius 2 is 1.90 bits per heavy atom. The minimum atomic E-state index is -0.370. The molecule has 0 bridgehead atoms. The maximum atomic E-state index is 11.9. The van der Waals surface area contributed by atoms with Gasteiger partial charge in [0.25, 0.3) is 5.91 Å². The second kappa shape index (κ2) is 11.0. The Bertz CT molecular complexity index is 1370. The van der Waals surface area contributed by atoms with E-state index >= 15 is 0 Å². The second-order valence-electron chi connectivity index (χ2n) is 11.6. The van der Waals surface area contributed by atoms with Gasteiger partial charge in [-0.05, 0) is 62.5 Å². The van der Waals surface area contributed by atoms with Gasteiger partial charge >= 0.3 is 0 Å². The highest BCUT2D eigenvalue weighted by molar-refractivity contribution is 8.04. The van der Waals surface area contributed by atoms with E-state index in [1.54, 1.807) is 18.1 Å². The molecule has 5 rings (SSSR count). The van der Waals surface area contributed by atoms with Crippen molar-refractivity contribution < 1.29 is 4.79 Å². The SMILES string of the molecule is Cc1cc(-c2cc(Nc3ccn(C4CCN(C)CC4)n3)ncn2)ccc1CN1C=C(C(N)=O)SC1C(C)(C)C. The number of benzene rings is 1. The van der Waals surface area contributed by atoms with Crippen LogP contribution >= 0.6 is 11.8 Å². The first-order valence-corrected chi connectivity index (χ1v) is 14.3. The summed E-state index contributed by atoms with van der Waals surface area (Å²) in [5.74, 6) is 1.12. The topological polar surface area (TPSA) is 105 Å². The van der Waals surface area contributed by atoms with Crippen LogP contribution in [0.25, 0.3) is 11.3 Å². The van der Waals surface area contributed by atoms with Gasteiger partial charge < -0.3 is 20.9 Å². The first-order chi connectivity index (χ1) is 18.6. The number of carbonyl (C=O) groups excluding carboxylic acids is 1. The summed E-state index contributed by atoms with van der Waals surface area (Å²) >= 11 is 1.55. The Kier molecular flexibility index (Phi) is 7.68. The van der Waals surface area contributed by atoms with Gasteiger partial charge in [-0.2, -0.15) is 5.10 Å². The third-order valence-electron chi connectivity index (χ3n) is 7.39. The lowest BCUT2D eigenvalue weighted by Crippen LogP contribution is -2.35. The summed E-state index contributed by atoms with van der Waals surface area (Å²) in [7, 11) is 2.17. The summed E-state index contributed by atoms with van der Waals surface area (Å²) in [6.07, 6.45) is 7.77. The highest BCUT2D eigenvalue weighted by Gasteiger charge is 2.36. The number of rotatable bonds is 7. The van der Waals surface area contributed by atoms with Gasteiger partial charge in [0.15, 0.2) is 5.82 Å². The Morgan fingerprint density at radius 1 is 1.13 bits per heavy atom. The monoisotopic (exact) mass is 546 g/mol. The number of likely N-dealkylation sites (tertiary alicyclic amines) is 1. The molecule has 1 fully saturated rings. The van der Waals surface area contributed by atoms with Crippen molar-refractivity contribution in [1.82, 2.24) is 29.5 Å². The van der Waals surface area contributed by atoms with E-state index in [9.17, 15) is 4.79 Å². The molecule has 0 radical (unpaired) electrons. The molecule has 0 saturated carbocycles. The highest BCUT2D eigenvalue weighted by Crippen LogP contribution is 2.43. The molecule has 2 aromatic heterocycles. The number of nitrogens with two attached hydrogens (primary N) is 1. The van der Waals surface area contributed by atoms with Crippen LogP contribution in [0.3, 0.4) is 0 Å². The van der Waals surface area contributed by atoms with Gasteiger partial charge in [-0.15, -0.1) is 0 Å². The summed E-state index contributed by atoms with van der Waals surface area (Å²) < 4.78 is 2.07. The number of anilines is 2. The fourth-order valence-corrected chi connectivity index (χ4v) is 6.35. The molecule has 0 spiro atoms. The molecule has 2 aliphatic heterocycles. The van der Waals surface area contributed by atoms with Gasteiger partial charge in [0.2, 0.25) is 0 Å². The largest absolute Gasteiger partial charge is 0.365 e. The van der Waals surface area contributed by atoms with Crippen LogP contribution in [0.15, 0.2) is 54.0 Å². The minimum Gasteiger partial charge on any atom is -0.365 e. The molecule has 1 aromatic carbocycles. The van der Waals surface area contributed by atoms with Crippen LogP contribution < -0.4 is 11.1 Å². The van der Waals surface area contributed by atoms with Crippen LogP contribution in [0, 0.1) is 12.3 Å². The summed E-state index contributed by atoms with van der Waals surface area (Å²) in [5, 5.41) is 8.24. The van der Waals surface area contributed by atoms with Crippen molar-refractivity contribution in [3.63, 3.8) is 0 Å². The number of hydrogen-bond donors (Lipinski definition) is 2. The fourth-order valence-electron chi connectivity index (χ4n) is 5.17. The van der Waals surface area contributed by atoms with Crippen molar-refractivity contribution in [2.24, 2.45) is 11.1 Å². The van der Waals surface area contributed by atoms with E-state index in [-0.39, 0.29) is 16.7 Å². The first kappa shape index (κ1) is 27.2. The lowest BCUT2D eigenvalue weighted by molar-refractivity contribution is -0.113. The molecule has 9 nitrogen and oxygen atoms in total. The molecule has 3 aromatic rings. The summed E-state index contributed by atoms with van der Waals surface area (Å²) in [4.78, 5) is 26.0. The van der Waals surface area contributed by atoms with Crippen molar-refractivity contribution in [2.75, 3.05) is 25.5 Å². The molecule has 206 valence electrons. The van der Waals surface area contributed by atoms with Gasteiger partial charge in [-0.1, -0.05) is 44.7 Å². The molecule has 1 amide bonds. The molecular formula is C29H38N8OS. The smallest absolute Gasteiger partial charge is 0.256 e. The number of primary amides is 1. The predicted molar refractivity (Wildman–Crippen MR) is 157 cm³/mol. The van der Waals surface area contributed by atoms with Crippen LogP contribution in [0.4, 0.5) is 11.6 Å². The number of piperidine rings is 1. The van der Waals surface area contributed by atoms with Crippen LogP contribution in [-0.4, -0.2) is 61.0 Å². The van der Waals surface area contributed by atoms with Crippen molar-refractivity contribution in [3.05, 3.63) is 65.1 Å². The molecule has 2 aliphatic rings. The fraction of sp³-hybridized carbons (Fsp3) is 0.448. The Hall–Kier alpha value is -3.37. The zero-order valence-corrected chi connectivity index (χ0v) is 24.2. The number of amides is 1. The number of nitrogens with one attached hydrogen (secondary N) is 1. The lowest BCUT2D eigenvalue weighted by Gasteiger charge is -2.35. The summed E-state index contributed by atoms with van der Waals surface area (Å²) in [5.41, 5.74) is 9.81. The molecule has 39 heavy (non-hydrogen) atoms. The van der Waals surface area contributed by atoms with E-state index in [0.717, 1.165) is 48.6 Å². The standard InChI is InChI=1S/C29H38N8OS/c1-19-14-20(6-7-21(19)16-36-17-24(27(30)38)39-28(36)29(2,3)4)23-15-26(32-18-31-23)33-25-10-13-37(34-25)22-8-11-35(5)12-9-22/h6-7,10,13-15,17-18,22,28H,8-9,11-12,16H2,1-5H3,(H2,30,38)(H,31,32,33,34). The Morgan fingerprint density at radius 3 is 2.59 bits per heavy atom. The molecule has 0 aliphatic carbocycles. The zero-order valence-electron chi connectivity index (χ0n) is 23.4. The molecule has 1 saturated heterocycles. The van der Waals surface area contributed by atoms with Gasteiger partial charge in [-0.25, -0.2) is 9.97 Å². The van der Waals surface area contributed by atoms with Crippen LogP contribution in [-0.2, 0) is 11.3 Å². The van der Waals surface area contributed by atoms with E-state index < -0.39 is 0 Å². The van der Waals surface area contributed by atoms with Crippen LogP contribution in [0.1, 0.15) is 50.8 Å². The van der Waals surface area contributed by atoms with E-state index in [1.807, 2.05) is 24.5 Å². The summed E-state index contributed by atoms with van der Waals surface area (Å²) in [6.45, 7) is 11.6. The number of aryl methyl sites for hydroxylation is 1. The van der Waals surface area contributed by atoms with Crippen LogP contribution in [0.5, 0.6) is 0 Å². The average Bonchev–Trinajstić information content (AvgIpc) is 3.53. The lowest BCUT2D eigenvalue weighted by atomic mass is 9.95. The van der Waals surface area contributed by atoms with Crippen LogP contribution in [0.2, 0.25) is 0 Å². The maximum Gasteiger partial charge on any atom is 0.256 e. The Labute approximate surface area is 234 Å². The normalized spacial score (nSPS) is 18.8. The van der Waals surface area contributed by atoms with Gasteiger partial charge in [0, 0.05) is 36.6 Å². The minimum absolute atomic E-state index is 0.0144. The number of carbonyl (C=O) groups is 1. The number of thioether (sulfide) groups is 1.